The van der Waals surface area contributed by atoms with Gasteiger partial charge < -0.3 is 10.2 Å². The summed E-state index contributed by atoms with van der Waals surface area (Å²) in [6.07, 6.45) is 4.10. The van der Waals surface area contributed by atoms with Crippen molar-refractivity contribution in [2.75, 3.05) is 26.2 Å². The van der Waals surface area contributed by atoms with Crippen LogP contribution in [0.3, 0.4) is 0 Å². The predicted octanol–water partition coefficient (Wildman–Crippen LogP) is 2.02. The van der Waals surface area contributed by atoms with E-state index >= 15 is 0 Å². The second-order valence-electron chi connectivity index (χ2n) is 3.59. The largest absolute Gasteiger partial charge is 0.343 e. The third-order valence-electron chi connectivity index (χ3n) is 2.38. The highest BCUT2D eigenvalue weighted by atomic mass is 16.2. The smallest absolute Gasteiger partial charge is 0.222 e. The molecular weight excluding hydrogens is 188 g/mol. The first-order valence-electron chi connectivity index (χ1n) is 6.33. The first-order chi connectivity index (χ1) is 7.34. The summed E-state index contributed by atoms with van der Waals surface area (Å²) in [6.45, 7) is 10.2. The molecule has 3 nitrogen and oxygen atoms in total. The molecule has 1 amide bonds. The third-order valence-corrected chi connectivity index (χ3v) is 2.38. The Morgan fingerprint density at radius 1 is 1.33 bits per heavy atom. The highest BCUT2D eigenvalue weighted by Crippen LogP contribution is 2.09. The Morgan fingerprint density at radius 3 is 2.60 bits per heavy atom. The van der Waals surface area contributed by atoms with E-state index in [2.05, 4.69) is 12.2 Å². The number of carbonyl (C=O) groups is 1. The molecule has 0 aliphatic carbocycles. The number of nitrogens with one attached hydrogen (secondary N) is 1. The van der Waals surface area contributed by atoms with Crippen LogP contribution in [0.5, 0.6) is 0 Å². The molecule has 0 atom stereocenters. The van der Waals surface area contributed by atoms with Gasteiger partial charge in [-0.25, -0.2) is 0 Å². The van der Waals surface area contributed by atoms with Gasteiger partial charge in [0.2, 0.25) is 5.91 Å². The summed E-state index contributed by atoms with van der Waals surface area (Å²) in [6, 6.07) is 0. The monoisotopic (exact) mass is 214 g/mol. The van der Waals surface area contributed by atoms with Crippen LogP contribution in [-0.2, 0) is 4.79 Å². The standard InChI is InChI=1S/C10H20N2O.C2H6/c1-2-6-11-7-4-9-12-8-3-5-10(12)13;1-2/h11H,2-9H2,1H3;1-2H3. The zero-order valence-electron chi connectivity index (χ0n) is 10.5. The van der Waals surface area contributed by atoms with Crippen molar-refractivity contribution in [3.05, 3.63) is 0 Å². The van der Waals surface area contributed by atoms with Crippen LogP contribution in [0.4, 0.5) is 0 Å². The fourth-order valence-electron chi connectivity index (χ4n) is 1.64. The third kappa shape index (κ3) is 6.50. The summed E-state index contributed by atoms with van der Waals surface area (Å²) < 4.78 is 0. The molecule has 1 rings (SSSR count). The molecule has 1 fully saturated rings. The molecule has 90 valence electrons. The van der Waals surface area contributed by atoms with Crippen molar-refractivity contribution in [3.8, 4) is 0 Å². The van der Waals surface area contributed by atoms with Gasteiger partial charge in [0.05, 0.1) is 0 Å². The molecule has 0 unspecified atom stereocenters. The first kappa shape index (κ1) is 14.4. The summed E-state index contributed by atoms with van der Waals surface area (Å²) in [5.74, 6) is 0.343. The average Bonchev–Trinajstić information content (AvgIpc) is 2.67. The average molecular weight is 214 g/mol. The van der Waals surface area contributed by atoms with Gasteiger partial charge in [0.15, 0.2) is 0 Å². The van der Waals surface area contributed by atoms with Crippen LogP contribution < -0.4 is 5.32 Å². The molecule has 1 saturated heterocycles. The Kier molecular flexibility index (Phi) is 9.59. The normalized spacial score (nSPS) is 15.1. The lowest BCUT2D eigenvalue weighted by Gasteiger charge is -2.14. The second-order valence-corrected chi connectivity index (χ2v) is 3.59. The molecule has 1 heterocycles. The van der Waals surface area contributed by atoms with E-state index in [9.17, 15) is 4.79 Å². The van der Waals surface area contributed by atoms with Crippen molar-refractivity contribution in [2.45, 2.75) is 46.5 Å². The van der Waals surface area contributed by atoms with Crippen LogP contribution in [0.1, 0.15) is 46.5 Å². The van der Waals surface area contributed by atoms with Gasteiger partial charge >= 0.3 is 0 Å². The Bertz CT molecular complexity index is 160. The van der Waals surface area contributed by atoms with Crippen LogP contribution in [0.25, 0.3) is 0 Å². The topological polar surface area (TPSA) is 32.3 Å². The Labute approximate surface area is 94.2 Å². The van der Waals surface area contributed by atoms with E-state index < -0.39 is 0 Å². The van der Waals surface area contributed by atoms with Gasteiger partial charge in [0.1, 0.15) is 0 Å². The number of hydrogen-bond acceptors (Lipinski definition) is 2. The van der Waals surface area contributed by atoms with Crippen molar-refractivity contribution in [1.82, 2.24) is 10.2 Å². The van der Waals surface area contributed by atoms with Gasteiger partial charge in [-0.05, 0) is 32.4 Å². The van der Waals surface area contributed by atoms with Crippen LogP contribution >= 0.6 is 0 Å². The van der Waals surface area contributed by atoms with Crippen molar-refractivity contribution in [1.29, 1.82) is 0 Å². The maximum atomic E-state index is 11.2. The zero-order valence-corrected chi connectivity index (χ0v) is 10.5. The SMILES string of the molecule is CC.CCCNCCCN1CCCC1=O. The van der Waals surface area contributed by atoms with Gasteiger partial charge in [-0.15, -0.1) is 0 Å². The van der Waals surface area contributed by atoms with Crippen molar-refractivity contribution in [3.63, 3.8) is 0 Å². The van der Waals surface area contributed by atoms with Crippen LogP contribution in [-0.4, -0.2) is 37.0 Å². The quantitative estimate of drug-likeness (QED) is 0.686. The lowest BCUT2D eigenvalue weighted by molar-refractivity contribution is -0.127. The summed E-state index contributed by atoms with van der Waals surface area (Å²) in [7, 11) is 0. The van der Waals surface area contributed by atoms with E-state index in [1.807, 2.05) is 18.7 Å². The summed E-state index contributed by atoms with van der Waals surface area (Å²) >= 11 is 0. The summed E-state index contributed by atoms with van der Waals surface area (Å²) in [5.41, 5.74) is 0. The highest BCUT2D eigenvalue weighted by molar-refractivity contribution is 5.77. The number of nitrogens with zero attached hydrogens (tertiary/aromatic N) is 1. The number of hydrogen-bond donors (Lipinski definition) is 1. The molecule has 0 spiro atoms. The van der Waals surface area contributed by atoms with E-state index in [1.165, 1.54) is 6.42 Å². The lowest BCUT2D eigenvalue weighted by atomic mass is 10.3. The molecule has 0 aromatic heterocycles. The zero-order chi connectivity index (χ0) is 11.5. The predicted molar refractivity (Wildman–Crippen MR) is 64.9 cm³/mol. The summed E-state index contributed by atoms with van der Waals surface area (Å²) in [4.78, 5) is 13.2. The van der Waals surface area contributed by atoms with Gasteiger partial charge in [-0.1, -0.05) is 20.8 Å². The van der Waals surface area contributed by atoms with Crippen LogP contribution in [0.2, 0.25) is 0 Å². The maximum Gasteiger partial charge on any atom is 0.222 e. The molecule has 0 aromatic rings. The van der Waals surface area contributed by atoms with E-state index in [-0.39, 0.29) is 0 Å². The van der Waals surface area contributed by atoms with E-state index in [0.29, 0.717) is 5.91 Å². The van der Waals surface area contributed by atoms with Gasteiger partial charge in [-0.3, -0.25) is 4.79 Å². The lowest BCUT2D eigenvalue weighted by Crippen LogP contribution is -2.28. The molecule has 3 heteroatoms. The molecule has 0 radical (unpaired) electrons. The van der Waals surface area contributed by atoms with Crippen molar-refractivity contribution in [2.24, 2.45) is 0 Å². The minimum absolute atomic E-state index is 0.343. The fraction of sp³-hybridized carbons (Fsp3) is 0.917. The second kappa shape index (κ2) is 9.97. The maximum absolute atomic E-state index is 11.2. The van der Waals surface area contributed by atoms with Gasteiger partial charge in [-0.2, -0.15) is 0 Å². The molecule has 1 N–H and O–H groups in total. The first-order valence-corrected chi connectivity index (χ1v) is 6.33. The van der Waals surface area contributed by atoms with Crippen LogP contribution in [0.15, 0.2) is 0 Å². The van der Waals surface area contributed by atoms with Gasteiger partial charge in [0.25, 0.3) is 0 Å². The molecule has 0 bridgehead atoms. The Morgan fingerprint density at radius 2 is 2.07 bits per heavy atom. The van der Waals surface area contributed by atoms with E-state index in [4.69, 9.17) is 0 Å². The van der Waals surface area contributed by atoms with Crippen molar-refractivity contribution >= 4 is 5.91 Å². The summed E-state index contributed by atoms with van der Waals surface area (Å²) in [5, 5.41) is 3.34. The molecule has 0 aromatic carbocycles. The molecule has 0 saturated carbocycles. The molecular formula is C12H26N2O. The molecule has 1 aliphatic heterocycles. The fourth-order valence-corrected chi connectivity index (χ4v) is 1.64. The van der Waals surface area contributed by atoms with Crippen molar-refractivity contribution < 1.29 is 4.79 Å². The molecule has 15 heavy (non-hydrogen) atoms. The number of amides is 1. The number of rotatable bonds is 6. The number of carbonyl (C=O) groups excluding carboxylic acids is 1. The highest BCUT2D eigenvalue weighted by Gasteiger charge is 2.18. The van der Waals surface area contributed by atoms with Gasteiger partial charge in [0, 0.05) is 19.5 Å². The minimum atomic E-state index is 0.343. The van der Waals surface area contributed by atoms with Crippen LogP contribution in [0, 0.1) is 0 Å². The number of likely N-dealkylation sites (tertiary alicyclic amines) is 1. The molecule has 1 aliphatic rings. The Balaban J connectivity index is 0.000000921. The van der Waals surface area contributed by atoms with E-state index in [1.54, 1.807) is 0 Å². The van der Waals surface area contributed by atoms with E-state index in [0.717, 1.165) is 45.4 Å². The Hall–Kier alpha value is -0.570. The minimum Gasteiger partial charge on any atom is -0.343 e.